The minimum Gasteiger partial charge on any atom is -0.356 e. The summed E-state index contributed by atoms with van der Waals surface area (Å²) in [4.78, 5) is 4.85. The highest BCUT2D eigenvalue weighted by atomic mass is 15.4. The van der Waals surface area contributed by atoms with Crippen LogP contribution in [0.4, 0.5) is 0 Å². The lowest BCUT2D eigenvalue weighted by atomic mass is 10.0. The smallest absolute Gasteiger partial charge is 0.0976 e. The molecule has 0 N–H and O–H groups in total. The van der Waals surface area contributed by atoms with Gasteiger partial charge in [-0.2, -0.15) is 0 Å². The molecular formula is C10H18N2. The van der Waals surface area contributed by atoms with E-state index in [-0.39, 0.29) is 0 Å². The molecule has 0 saturated heterocycles. The zero-order chi connectivity index (χ0) is 8.72. The number of hydrogen-bond donors (Lipinski definition) is 0. The lowest BCUT2D eigenvalue weighted by molar-refractivity contribution is 0.206. The molecule has 0 fully saturated rings. The third-order valence-electron chi connectivity index (χ3n) is 3.38. The van der Waals surface area contributed by atoms with E-state index in [1.807, 2.05) is 0 Å². The Labute approximate surface area is 74.8 Å². The minimum absolute atomic E-state index is 0.577. The summed E-state index contributed by atoms with van der Waals surface area (Å²) in [6.07, 6.45) is 5.92. The molecule has 0 unspecified atom stereocenters. The quantitative estimate of drug-likeness (QED) is 0.543. The Bertz CT molecular complexity index is 198. The van der Waals surface area contributed by atoms with Crippen LogP contribution >= 0.6 is 0 Å². The van der Waals surface area contributed by atoms with Crippen molar-refractivity contribution in [3.05, 3.63) is 11.4 Å². The minimum atomic E-state index is 0.577. The van der Waals surface area contributed by atoms with Gasteiger partial charge in [-0.05, 0) is 32.6 Å². The predicted molar refractivity (Wildman–Crippen MR) is 50.5 cm³/mol. The van der Waals surface area contributed by atoms with Gasteiger partial charge in [0.15, 0.2) is 0 Å². The first-order valence-corrected chi connectivity index (χ1v) is 4.89. The van der Waals surface area contributed by atoms with Crippen LogP contribution in [0, 0.1) is 0 Å². The molecule has 1 aliphatic heterocycles. The van der Waals surface area contributed by atoms with E-state index in [2.05, 4.69) is 30.8 Å². The molecule has 2 nitrogen and oxygen atoms in total. The number of nitrogens with zero attached hydrogens (tertiary/aromatic N) is 2. The van der Waals surface area contributed by atoms with Crippen LogP contribution in [-0.2, 0) is 0 Å². The molecule has 0 atom stereocenters. The van der Waals surface area contributed by atoms with Gasteiger partial charge in [-0.1, -0.05) is 0 Å². The maximum atomic E-state index is 2.43. The lowest BCUT2D eigenvalue weighted by Gasteiger charge is -2.25. The van der Waals surface area contributed by atoms with Gasteiger partial charge in [0.2, 0.25) is 0 Å². The maximum Gasteiger partial charge on any atom is 0.0976 e. The topological polar surface area (TPSA) is 6.48 Å². The van der Waals surface area contributed by atoms with Crippen molar-refractivity contribution in [1.29, 1.82) is 0 Å². The van der Waals surface area contributed by atoms with Crippen LogP contribution in [-0.4, -0.2) is 30.1 Å². The fourth-order valence-corrected chi connectivity index (χ4v) is 2.34. The summed E-state index contributed by atoms with van der Waals surface area (Å²) in [7, 11) is 4.43. The highest BCUT2D eigenvalue weighted by Crippen LogP contribution is 2.35. The van der Waals surface area contributed by atoms with Gasteiger partial charge in [0.25, 0.3) is 0 Å². The second-order valence-electron chi connectivity index (χ2n) is 3.95. The van der Waals surface area contributed by atoms with Gasteiger partial charge < -0.3 is 9.80 Å². The molecule has 0 aromatic heterocycles. The Morgan fingerprint density at radius 2 is 1.42 bits per heavy atom. The maximum absolute atomic E-state index is 2.43. The van der Waals surface area contributed by atoms with Crippen molar-refractivity contribution in [3.63, 3.8) is 0 Å². The molecular weight excluding hydrogens is 148 g/mol. The van der Waals surface area contributed by atoms with Crippen LogP contribution in [0.1, 0.15) is 32.6 Å². The zero-order valence-corrected chi connectivity index (χ0v) is 8.30. The number of allylic oxidation sites excluding steroid dienone is 2. The molecule has 0 aromatic rings. The molecule has 0 bridgehead atoms. The van der Waals surface area contributed by atoms with Crippen molar-refractivity contribution in [2.24, 2.45) is 0 Å². The van der Waals surface area contributed by atoms with Crippen LogP contribution in [0.5, 0.6) is 0 Å². The molecule has 1 heterocycles. The van der Waals surface area contributed by atoms with E-state index in [0.29, 0.717) is 6.17 Å². The molecule has 0 spiro atoms. The third kappa shape index (κ3) is 0.936. The number of rotatable bonds is 0. The molecule has 2 rings (SSSR count). The van der Waals surface area contributed by atoms with Crippen LogP contribution in [0.3, 0.4) is 0 Å². The van der Waals surface area contributed by atoms with Crippen molar-refractivity contribution in [2.45, 2.75) is 38.8 Å². The Balaban J connectivity index is 2.28. The van der Waals surface area contributed by atoms with Crippen molar-refractivity contribution in [3.8, 4) is 0 Å². The van der Waals surface area contributed by atoms with Gasteiger partial charge in [0.05, 0.1) is 6.17 Å². The predicted octanol–water partition coefficient (Wildman–Crippen LogP) is 2.00. The standard InChI is InChI=1S/C10H18N2/c1-8-11(2)9-6-4-5-7-10(9)12(8)3/h8H,4-7H2,1-3H3. The van der Waals surface area contributed by atoms with E-state index >= 15 is 0 Å². The molecule has 0 saturated carbocycles. The first-order chi connectivity index (χ1) is 5.72. The second-order valence-corrected chi connectivity index (χ2v) is 3.95. The summed E-state index contributed by atoms with van der Waals surface area (Å²) in [6.45, 7) is 2.28. The Hall–Kier alpha value is -0.660. The molecule has 12 heavy (non-hydrogen) atoms. The Morgan fingerprint density at radius 3 is 1.83 bits per heavy atom. The van der Waals surface area contributed by atoms with E-state index in [9.17, 15) is 0 Å². The van der Waals surface area contributed by atoms with E-state index in [1.54, 1.807) is 11.4 Å². The van der Waals surface area contributed by atoms with Crippen LogP contribution < -0.4 is 0 Å². The summed E-state index contributed by atoms with van der Waals surface area (Å²) in [5.41, 5.74) is 3.19. The average Bonchev–Trinajstić information content (AvgIpc) is 2.33. The van der Waals surface area contributed by atoms with E-state index in [4.69, 9.17) is 0 Å². The molecule has 0 radical (unpaired) electrons. The monoisotopic (exact) mass is 166 g/mol. The molecule has 1 aliphatic carbocycles. The van der Waals surface area contributed by atoms with E-state index < -0.39 is 0 Å². The van der Waals surface area contributed by atoms with Gasteiger partial charge >= 0.3 is 0 Å². The lowest BCUT2D eigenvalue weighted by Crippen LogP contribution is -2.32. The van der Waals surface area contributed by atoms with Gasteiger partial charge in [0, 0.05) is 25.5 Å². The molecule has 2 aliphatic rings. The van der Waals surface area contributed by atoms with Crippen LogP contribution in [0.15, 0.2) is 11.4 Å². The van der Waals surface area contributed by atoms with Gasteiger partial charge in [-0.3, -0.25) is 0 Å². The zero-order valence-electron chi connectivity index (χ0n) is 8.30. The highest BCUT2D eigenvalue weighted by molar-refractivity contribution is 5.20. The van der Waals surface area contributed by atoms with Crippen molar-refractivity contribution in [2.75, 3.05) is 14.1 Å². The molecule has 68 valence electrons. The van der Waals surface area contributed by atoms with Gasteiger partial charge in [0.1, 0.15) is 0 Å². The van der Waals surface area contributed by atoms with Gasteiger partial charge in [-0.25, -0.2) is 0 Å². The first kappa shape index (κ1) is 7.96. The SMILES string of the molecule is CC1N(C)C2=C(CCCC2)N1C. The normalized spacial score (nSPS) is 25.2. The fraction of sp³-hybridized carbons (Fsp3) is 0.800. The van der Waals surface area contributed by atoms with E-state index in [0.717, 1.165) is 0 Å². The fourth-order valence-electron chi connectivity index (χ4n) is 2.34. The van der Waals surface area contributed by atoms with Crippen LogP contribution in [0.25, 0.3) is 0 Å². The highest BCUT2D eigenvalue weighted by Gasteiger charge is 2.31. The Morgan fingerprint density at radius 1 is 1.00 bits per heavy atom. The summed E-state index contributed by atoms with van der Waals surface area (Å²) in [5.74, 6) is 0. The number of hydrogen-bond acceptors (Lipinski definition) is 2. The summed E-state index contributed by atoms with van der Waals surface area (Å²) < 4.78 is 0. The third-order valence-corrected chi connectivity index (χ3v) is 3.38. The summed E-state index contributed by atoms with van der Waals surface area (Å²) in [6, 6.07) is 0. The van der Waals surface area contributed by atoms with Crippen molar-refractivity contribution < 1.29 is 0 Å². The molecule has 0 aromatic carbocycles. The second kappa shape index (κ2) is 2.68. The van der Waals surface area contributed by atoms with Crippen LogP contribution in [0.2, 0.25) is 0 Å². The molecule has 0 amide bonds. The molecule has 2 heteroatoms. The van der Waals surface area contributed by atoms with Crippen molar-refractivity contribution >= 4 is 0 Å². The average molecular weight is 166 g/mol. The van der Waals surface area contributed by atoms with Crippen molar-refractivity contribution in [1.82, 2.24) is 9.80 Å². The summed E-state index contributed by atoms with van der Waals surface area (Å²) >= 11 is 0. The summed E-state index contributed by atoms with van der Waals surface area (Å²) in [5, 5.41) is 0. The first-order valence-electron chi connectivity index (χ1n) is 4.89. The Kier molecular flexibility index (Phi) is 1.78. The van der Waals surface area contributed by atoms with Gasteiger partial charge in [-0.15, -0.1) is 0 Å². The largest absolute Gasteiger partial charge is 0.356 e. The van der Waals surface area contributed by atoms with E-state index in [1.165, 1.54) is 25.7 Å².